The first-order valence-electron chi connectivity index (χ1n) is 14.1. The molecular formula is C31H38ClN7O3. The molecule has 2 aliphatic heterocycles. The zero-order chi connectivity index (χ0) is 30.0. The Hall–Kier alpha value is -3.89. The van der Waals surface area contributed by atoms with Crippen molar-refractivity contribution in [1.29, 1.82) is 0 Å². The van der Waals surface area contributed by atoms with Gasteiger partial charge in [-0.2, -0.15) is 4.98 Å². The Kier molecular flexibility index (Phi) is 8.56. The van der Waals surface area contributed by atoms with E-state index in [0.29, 0.717) is 41.5 Å². The lowest BCUT2D eigenvalue weighted by atomic mass is 9.83. The molecule has 1 fully saturated rings. The van der Waals surface area contributed by atoms with Gasteiger partial charge in [0.05, 0.1) is 31.0 Å². The Morgan fingerprint density at radius 2 is 1.98 bits per heavy atom. The van der Waals surface area contributed by atoms with E-state index in [-0.39, 0.29) is 11.8 Å². The highest BCUT2D eigenvalue weighted by molar-refractivity contribution is 6.32. The predicted molar refractivity (Wildman–Crippen MR) is 166 cm³/mol. The Morgan fingerprint density at radius 3 is 2.69 bits per heavy atom. The first-order valence-corrected chi connectivity index (χ1v) is 14.5. The van der Waals surface area contributed by atoms with Crippen molar-refractivity contribution in [2.24, 2.45) is 0 Å². The van der Waals surface area contributed by atoms with E-state index in [9.17, 15) is 9.59 Å². The molecule has 1 aromatic heterocycles. The van der Waals surface area contributed by atoms with Crippen molar-refractivity contribution in [1.82, 2.24) is 19.8 Å². The molecule has 1 saturated heterocycles. The lowest BCUT2D eigenvalue weighted by molar-refractivity contribution is -0.132. The molecule has 0 bridgehead atoms. The summed E-state index contributed by atoms with van der Waals surface area (Å²) in [6.45, 7) is 6.23. The molecule has 0 radical (unpaired) electrons. The van der Waals surface area contributed by atoms with Crippen LogP contribution >= 0.6 is 11.6 Å². The van der Waals surface area contributed by atoms with Crippen LogP contribution in [0.5, 0.6) is 5.75 Å². The topological polar surface area (TPSA) is 112 Å². The minimum atomic E-state index is -0.626. The number of carbonyl (C=O) groups excluding carboxylic acids is 2. The van der Waals surface area contributed by atoms with E-state index < -0.39 is 5.41 Å². The number of benzene rings is 2. The third kappa shape index (κ3) is 6.15. The van der Waals surface area contributed by atoms with Crippen LogP contribution in [-0.2, 0) is 21.5 Å². The molecule has 222 valence electrons. The Labute approximate surface area is 251 Å². The molecule has 0 spiro atoms. The van der Waals surface area contributed by atoms with E-state index >= 15 is 0 Å². The van der Waals surface area contributed by atoms with Crippen LogP contribution < -0.4 is 20.7 Å². The van der Waals surface area contributed by atoms with Gasteiger partial charge in [-0.1, -0.05) is 29.8 Å². The zero-order valence-corrected chi connectivity index (χ0v) is 25.5. The molecule has 42 heavy (non-hydrogen) atoms. The van der Waals surface area contributed by atoms with Crippen LogP contribution in [0.2, 0.25) is 5.02 Å². The highest BCUT2D eigenvalue weighted by Crippen LogP contribution is 2.40. The number of ether oxygens (including phenoxy) is 1. The van der Waals surface area contributed by atoms with Crippen LogP contribution in [0.25, 0.3) is 0 Å². The molecule has 3 aromatic rings. The quantitative estimate of drug-likeness (QED) is 0.319. The van der Waals surface area contributed by atoms with Gasteiger partial charge in [0.1, 0.15) is 10.8 Å². The number of fused-ring (bicyclic) bond motifs is 1. The third-order valence-corrected chi connectivity index (χ3v) is 8.30. The smallest absolute Gasteiger partial charge is 0.236 e. The van der Waals surface area contributed by atoms with Crippen molar-refractivity contribution < 1.29 is 14.3 Å². The zero-order valence-electron chi connectivity index (χ0n) is 24.8. The fraction of sp³-hybridized carbons (Fsp3) is 0.419. The number of halogens is 1. The van der Waals surface area contributed by atoms with Gasteiger partial charge in [-0.25, -0.2) is 4.98 Å². The number of carbonyl (C=O) groups is 2. The number of aromatic nitrogens is 2. The van der Waals surface area contributed by atoms with Gasteiger partial charge in [0, 0.05) is 25.3 Å². The molecule has 0 unspecified atom stereocenters. The largest absolute Gasteiger partial charge is 0.495 e. The minimum Gasteiger partial charge on any atom is -0.495 e. The molecular weight excluding hydrogens is 554 g/mol. The number of methoxy groups -OCH3 is 1. The maximum Gasteiger partial charge on any atom is 0.236 e. The summed E-state index contributed by atoms with van der Waals surface area (Å²) in [4.78, 5) is 37.7. The summed E-state index contributed by atoms with van der Waals surface area (Å²) in [5, 5.41) is 9.93. The predicted octanol–water partition coefficient (Wildman–Crippen LogP) is 4.99. The monoisotopic (exact) mass is 591 g/mol. The first-order chi connectivity index (χ1) is 20.1. The lowest BCUT2D eigenvalue weighted by Crippen LogP contribution is -2.42. The molecule has 2 aromatic carbocycles. The van der Waals surface area contributed by atoms with E-state index in [1.54, 1.807) is 13.3 Å². The summed E-state index contributed by atoms with van der Waals surface area (Å²) >= 11 is 6.45. The number of rotatable bonds is 9. The number of nitrogens with one attached hydrogen (secondary N) is 3. The molecule has 10 nitrogen and oxygen atoms in total. The summed E-state index contributed by atoms with van der Waals surface area (Å²) in [5.41, 5.74) is 4.09. The number of likely N-dealkylation sites (tertiary alicyclic amines) is 1. The molecule has 5 rings (SSSR count). The molecule has 2 aliphatic rings. The first kappa shape index (κ1) is 29.6. The molecule has 0 saturated carbocycles. The Balaban J connectivity index is 1.26. The number of piperidine rings is 1. The van der Waals surface area contributed by atoms with Crippen molar-refractivity contribution in [2.45, 2.75) is 44.6 Å². The summed E-state index contributed by atoms with van der Waals surface area (Å²) in [6, 6.07) is 12.0. The number of amides is 2. The number of nitrogens with zero attached hydrogens (tertiary/aromatic N) is 4. The summed E-state index contributed by atoms with van der Waals surface area (Å²) in [5.74, 6) is 2.05. The van der Waals surface area contributed by atoms with Crippen LogP contribution in [0.3, 0.4) is 0 Å². The number of hydrogen-bond donors (Lipinski definition) is 3. The van der Waals surface area contributed by atoms with Crippen molar-refractivity contribution in [3.63, 3.8) is 0 Å². The Morgan fingerprint density at radius 1 is 1.21 bits per heavy atom. The molecule has 0 atom stereocenters. The highest BCUT2D eigenvalue weighted by Gasteiger charge is 2.40. The second kappa shape index (κ2) is 12.1. The van der Waals surface area contributed by atoms with Crippen molar-refractivity contribution in [3.8, 4) is 5.75 Å². The summed E-state index contributed by atoms with van der Waals surface area (Å²) in [6.07, 6.45) is 3.38. The minimum absolute atomic E-state index is 0.0166. The second-order valence-electron chi connectivity index (χ2n) is 11.6. The van der Waals surface area contributed by atoms with Crippen LogP contribution in [0.15, 0.2) is 42.6 Å². The number of anilines is 4. The molecule has 3 heterocycles. The molecule has 11 heteroatoms. The number of likely N-dealkylation sites (N-methyl/N-ethyl adjacent to an activating group) is 1. The van der Waals surface area contributed by atoms with Gasteiger partial charge < -0.3 is 30.5 Å². The average Bonchev–Trinajstić information content (AvgIpc) is 3.21. The average molecular weight is 592 g/mol. The van der Waals surface area contributed by atoms with Crippen molar-refractivity contribution in [3.05, 3.63) is 64.3 Å². The second-order valence-corrected chi connectivity index (χ2v) is 12.0. The molecule has 0 aliphatic carbocycles. The van der Waals surface area contributed by atoms with Crippen molar-refractivity contribution >= 4 is 46.6 Å². The van der Waals surface area contributed by atoms with Gasteiger partial charge in [-0.05, 0) is 81.6 Å². The van der Waals surface area contributed by atoms with Gasteiger partial charge in [0.2, 0.25) is 17.8 Å². The normalized spacial score (nSPS) is 16.3. The van der Waals surface area contributed by atoms with Crippen molar-refractivity contribution in [2.75, 3.05) is 56.8 Å². The summed E-state index contributed by atoms with van der Waals surface area (Å²) in [7, 11) is 5.47. The van der Waals surface area contributed by atoms with Gasteiger partial charge in [0.25, 0.3) is 0 Å². The van der Waals surface area contributed by atoms with Gasteiger partial charge in [-0.15, -0.1) is 0 Å². The third-order valence-electron chi connectivity index (χ3n) is 8.02. The van der Waals surface area contributed by atoms with Crippen LogP contribution in [0, 0.1) is 0 Å². The van der Waals surface area contributed by atoms with E-state index in [1.165, 1.54) is 5.56 Å². The fourth-order valence-electron chi connectivity index (χ4n) is 5.73. The van der Waals surface area contributed by atoms with Gasteiger partial charge >= 0.3 is 0 Å². The van der Waals surface area contributed by atoms with Crippen LogP contribution in [0.4, 0.5) is 23.1 Å². The van der Waals surface area contributed by atoms with Gasteiger partial charge in [-0.3, -0.25) is 9.59 Å². The Bertz CT molecular complexity index is 1490. The summed E-state index contributed by atoms with van der Waals surface area (Å²) < 4.78 is 5.72. The maximum atomic E-state index is 12.5. The maximum absolute atomic E-state index is 12.5. The van der Waals surface area contributed by atoms with E-state index in [1.807, 2.05) is 68.1 Å². The molecule has 3 N–H and O–H groups in total. The van der Waals surface area contributed by atoms with Crippen LogP contribution in [0.1, 0.15) is 49.3 Å². The lowest BCUT2D eigenvalue weighted by Gasteiger charge is -2.33. The number of hydrogen-bond acceptors (Lipinski definition) is 8. The SMILES string of the molecule is COc1cc(C2CCN(C(=O)CN(C)C)CC2)ccc1Nc1ncc(Cl)c(NCc2cccc3c2C(C)(C)C(=O)N3)n1. The van der Waals surface area contributed by atoms with E-state index in [2.05, 4.69) is 32.0 Å². The molecule has 2 amide bonds. The van der Waals surface area contributed by atoms with Gasteiger partial charge in [0.15, 0.2) is 5.82 Å². The fourth-order valence-corrected chi connectivity index (χ4v) is 5.89. The highest BCUT2D eigenvalue weighted by atomic mass is 35.5. The van der Waals surface area contributed by atoms with Crippen LogP contribution in [-0.4, -0.2) is 72.4 Å². The van der Waals surface area contributed by atoms with E-state index in [4.69, 9.17) is 16.3 Å². The van der Waals surface area contributed by atoms with E-state index in [0.717, 1.165) is 48.4 Å². The standard InChI is InChI=1S/C31H38ClN7O3/c1-31(2)27-21(7-6-8-24(27)35-29(31)41)16-33-28-22(32)17-34-30(37-28)36-23-10-9-20(15-25(23)42-5)19-11-13-39(14-12-19)26(40)18-38(3)4/h6-10,15,17,19H,11-14,16,18H2,1-5H3,(H,35,41)(H2,33,34,36,37).